The first-order chi connectivity index (χ1) is 9.60. The number of hydrogen-bond donors (Lipinski definition) is 1. The molecule has 1 amide bonds. The third-order valence-electron chi connectivity index (χ3n) is 4.31. The van der Waals surface area contributed by atoms with Gasteiger partial charge < -0.3 is 10.2 Å². The van der Waals surface area contributed by atoms with Gasteiger partial charge in [-0.1, -0.05) is 25.0 Å². The van der Waals surface area contributed by atoms with Gasteiger partial charge in [0.05, 0.1) is 5.41 Å². The average molecular weight is 315 g/mol. The molecule has 0 atom stereocenters. The topological polar surface area (TPSA) is 32.3 Å². The molecule has 3 nitrogen and oxygen atoms in total. The number of likely N-dealkylation sites (N-methyl/N-ethyl adjacent to an activating group) is 2. The second kappa shape index (κ2) is 7.76. The number of amides is 1. The van der Waals surface area contributed by atoms with E-state index in [1.165, 1.54) is 12.1 Å². The standard InChI is InChI=1S/C16H23FN2O.ClH/c1-18-11-12-19(2)15(20)16(9-3-4-10-16)13-5-7-14(17)8-6-13;/h5-8,18H,3-4,9-12H2,1-2H3;1H. The Labute approximate surface area is 132 Å². The quantitative estimate of drug-likeness (QED) is 0.906. The van der Waals surface area contributed by atoms with Crippen LogP contribution in [0.2, 0.25) is 0 Å². The highest BCUT2D eigenvalue weighted by Crippen LogP contribution is 2.42. The fraction of sp³-hybridized carbons (Fsp3) is 0.562. The summed E-state index contributed by atoms with van der Waals surface area (Å²) in [6.45, 7) is 1.47. The van der Waals surface area contributed by atoms with E-state index in [4.69, 9.17) is 0 Å². The lowest BCUT2D eigenvalue weighted by molar-refractivity contribution is -0.136. The summed E-state index contributed by atoms with van der Waals surface area (Å²) in [5.41, 5.74) is 0.508. The molecule has 2 rings (SSSR count). The Morgan fingerprint density at radius 1 is 1.29 bits per heavy atom. The maximum absolute atomic E-state index is 13.1. The van der Waals surface area contributed by atoms with Gasteiger partial charge >= 0.3 is 0 Å². The van der Waals surface area contributed by atoms with Crippen LogP contribution in [0.4, 0.5) is 4.39 Å². The van der Waals surface area contributed by atoms with E-state index in [1.54, 1.807) is 17.0 Å². The van der Waals surface area contributed by atoms with Crippen molar-refractivity contribution in [2.75, 3.05) is 27.2 Å². The van der Waals surface area contributed by atoms with Gasteiger partial charge in [0.1, 0.15) is 5.82 Å². The van der Waals surface area contributed by atoms with Gasteiger partial charge in [0, 0.05) is 20.1 Å². The minimum Gasteiger partial charge on any atom is -0.344 e. The molecule has 0 saturated heterocycles. The van der Waals surface area contributed by atoms with Crippen LogP contribution in [0.15, 0.2) is 24.3 Å². The van der Waals surface area contributed by atoms with Crippen LogP contribution in [0.1, 0.15) is 31.2 Å². The Balaban J connectivity index is 0.00000220. The Morgan fingerprint density at radius 2 is 1.86 bits per heavy atom. The molecule has 0 radical (unpaired) electrons. The van der Waals surface area contributed by atoms with E-state index in [-0.39, 0.29) is 24.1 Å². The van der Waals surface area contributed by atoms with Gasteiger partial charge in [-0.2, -0.15) is 0 Å². The summed E-state index contributed by atoms with van der Waals surface area (Å²) in [5, 5.41) is 3.06. The molecule has 1 fully saturated rings. The van der Waals surface area contributed by atoms with E-state index in [0.717, 1.165) is 37.8 Å². The molecular weight excluding hydrogens is 291 g/mol. The van der Waals surface area contributed by atoms with Crippen LogP contribution in [-0.4, -0.2) is 38.0 Å². The highest BCUT2D eigenvalue weighted by Gasteiger charge is 2.43. The number of rotatable bonds is 5. The summed E-state index contributed by atoms with van der Waals surface area (Å²) in [4.78, 5) is 14.7. The van der Waals surface area contributed by atoms with Gasteiger partial charge in [-0.25, -0.2) is 4.39 Å². The lowest BCUT2D eigenvalue weighted by atomic mass is 9.77. The van der Waals surface area contributed by atoms with Gasteiger partial charge in [0.25, 0.3) is 0 Å². The van der Waals surface area contributed by atoms with Gasteiger partial charge in [0.15, 0.2) is 0 Å². The van der Waals surface area contributed by atoms with Crippen LogP contribution in [-0.2, 0) is 10.2 Å². The maximum Gasteiger partial charge on any atom is 0.233 e. The van der Waals surface area contributed by atoms with Crippen molar-refractivity contribution in [2.24, 2.45) is 0 Å². The van der Waals surface area contributed by atoms with Crippen molar-refractivity contribution >= 4 is 18.3 Å². The van der Waals surface area contributed by atoms with E-state index in [0.29, 0.717) is 6.54 Å². The predicted molar refractivity (Wildman–Crippen MR) is 85.4 cm³/mol. The Kier molecular flexibility index (Phi) is 6.62. The number of benzene rings is 1. The largest absolute Gasteiger partial charge is 0.344 e. The molecular formula is C16H24ClFN2O. The Bertz CT molecular complexity index is 458. The summed E-state index contributed by atoms with van der Waals surface area (Å²) in [7, 11) is 3.73. The number of carbonyl (C=O) groups is 1. The summed E-state index contributed by atoms with van der Waals surface area (Å²) < 4.78 is 13.1. The Hall–Kier alpha value is -1.13. The number of carbonyl (C=O) groups excluding carboxylic acids is 1. The SMILES string of the molecule is CNCCN(C)C(=O)C1(c2ccc(F)cc2)CCCC1.Cl. The molecule has 1 saturated carbocycles. The minimum absolute atomic E-state index is 0. The second-order valence-electron chi connectivity index (χ2n) is 5.63. The molecule has 0 aliphatic heterocycles. The van der Waals surface area contributed by atoms with Crippen molar-refractivity contribution in [3.63, 3.8) is 0 Å². The molecule has 118 valence electrons. The summed E-state index contributed by atoms with van der Waals surface area (Å²) in [5.74, 6) is -0.0882. The monoisotopic (exact) mass is 314 g/mol. The number of halogens is 2. The second-order valence-corrected chi connectivity index (χ2v) is 5.63. The first kappa shape index (κ1) is 17.9. The fourth-order valence-corrected chi connectivity index (χ4v) is 3.12. The molecule has 1 N–H and O–H groups in total. The normalized spacial score (nSPS) is 16.3. The highest BCUT2D eigenvalue weighted by atomic mass is 35.5. The van der Waals surface area contributed by atoms with Gasteiger partial charge in [-0.15, -0.1) is 12.4 Å². The summed E-state index contributed by atoms with van der Waals surface area (Å²) in [6, 6.07) is 6.45. The molecule has 0 heterocycles. The van der Waals surface area contributed by atoms with Crippen molar-refractivity contribution in [2.45, 2.75) is 31.1 Å². The first-order valence-electron chi connectivity index (χ1n) is 7.26. The molecule has 1 aromatic carbocycles. The number of nitrogens with one attached hydrogen (secondary N) is 1. The Morgan fingerprint density at radius 3 is 2.38 bits per heavy atom. The molecule has 0 aromatic heterocycles. The number of nitrogens with zero attached hydrogens (tertiary/aromatic N) is 1. The van der Waals surface area contributed by atoms with Crippen LogP contribution in [0.5, 0.6) is 0 Å². The van der Waals surface area contributed by atoms with Crippen LogP contribution in [0.3, 0.4) is 0 Å². The van der Waals surface area contributed by atoms with Crippen molar-refractivity contribution in [1.82, 2.24) is 10.2 Å². The van der Waals surface area contributed by atoms with Crippen molar-refractivity contribution in [3.8, 4) is 0 Å². The summed E-state index contributed by atoms with van der Waals surface area (Å²) >= 11 is 0. The van der Waals surface area contributed by atoms with E-state index >= 15 is 0 Å². The van der Waals surface area contributed by atoms with Gasteiger partial charge in [-0.05, 0) is 37.6 Å². The zero-order valence-electron chi connectivity index (χ0n) is 12.7. The van der Waals surface area contributed by atoms with Gasteiger partial charge in [0.2, 0.25) is 5.91 Å². The zero-order chi connectivity index (χ0) is 14.6. The number of hydrogen-bond acceptors (Lipinski definition) is 2. The van der Waals surface area contributed by atoms with Crippen LogP contribution < -0.4 is 5.32 Å². The molecule has 0 bridgehead atoms. The van der Waals surface area contributed by atoms with Crippen molar-refractivity contribution in [1.29, 1.82) is 0 Å². The summed E-state index contributed by atoms with van der Waals surface area (Å²) in [6.07, 6.45) is 3.84. The third-order valence-corrected chi connectivity index (χ3v) is 4.31. The first-order valence-corrected chi connectivity index (χ1v) is 7.26. The predicted octanol–water partition coefficient (Wildman–Crippen LogP) is 2.74. The van der Waals surface area contributed by atoms with E-state index in [9.17, 15) is 9.18 Å². The van der Waals surface area contributed by atoms with E-state index in [2.05, 4.69) is 5.32 Å². The van der Waals surface area contributed by atoms with Crippen LogP contribution in [0.25, 0.3) is 0 Å². The maximum atomic E-state index is 13.1. The van der Waals surface area contributed by atoms with Crippen molar-refractivity contribution in [3.05, 3.63) is 35.6 Å². The average Bonchev–Trinajstić information content (AvgIpc) is 2.95. The van der Waals surface area contributed by atoms with Crippen molar-refractivity contribution < 1.29 is 9.18 Å². The smallest absolute Gasteiger partial charge is 0.233 e. The lowest BCUT2D eigenvalue weighted by Gasteiger charge is -2.33. The molecule has 0 spiro atoms. The minimum atomic E-state index is -0.448. The fourth-order valence-electron chi connectivity index (χ4n) is 3.12. The molecule has 0 unspecified atom stereocenters. The van der Waals surface area contributed by atoms with Gasteiger partial charge in [-0.3, -0.25) is 4.79 Å². The third kappa shape index (κ3) is 3.74. The van der Waals surface area contributed by atoms with E-state index in [1.807, 2.05) is 14.1 Å². The molecule has 1 aliphatic rings. The van der Waals surface area contributed by atoms with Crippen LogP contribution >= 0.6 is 12.4 Å². The molecule has 1 aromatic rings. The van der Waals surface area contributed by atoms with Crippen LogP contribution in [0, 0.1) is 5.82 Å². The zero-order valence-corrected chi connectivity index (χ0v) is 13.5. The lowest BCUT2D eigenvalue weighted by Crippen LogP contribution is -2.45. The molecule has 21 heavy (non-hydrogen) atoms. The molecule has 1 aliphatic carbocycles. The molecule has 5 heteroatoms. The van der Waals surface area contributed by atoms with E-state index < -0.39 is 5.41 Å². The highest BCUT2D eigenvalue weighted by molar-refractivity contribution is 5.88.